The normalized spacial score (nSPS) is 12.1. The molecular formula is C9H10FNO2S. The summed E-state index contributed by atoms with van der Waals surface area (Å²) in [7, 11) is -0.0123. The van der Waals surface area contributed by atoms with E-state index in [1.807, 2.05) is 0 Å². The van der Waals surface area contributed by atoms with Crippen molar-refractivity contribution in [2.75, 3.05) is 12.8 Å². The number of amides is 1. The Hall–Kier alpha value is -1.23. The lowest BCUT2D eigenvalue weighted by Gasteiger charge is -2.00. The zero-order valence-corrected chi connectivity index (χ0v) is 8.44. The van der Waals surface area contributed by atoms with Crippen LogP contribution in [0.3, 0.4) is 0 Å². The van der Waals surface area contributed by atoms with Crippen LogP contribution in [0.1, 0.15) is 0 Å². The first-order valence-electron chi connectivity index (χ1n) is 3.98. The Labute approximate surface area is 83.8 Å². The van der Waals surface area contributed by atoms with Gasteiger partial charge in [-0.1, -0.05) is 6.07 Å². The van der Waals surface area contributed by atoms with E-state index in [0.29, 0.717) is 4.90 Å². The minimum atomic E-state index is -1.48. The lowest BCUT2D eigenvalue weighted by Crippen LogP contribution is -2.24. The minimum Gasteiger partial charge on any atom is -0.358 e. The third kappa shape index (κ3) is 2.92. The van der Waals surface area contributed by atoms with Gasteiger partial charge < -0.3 is 5.32 Å². The monoisotopic (exact) mass is 215 g/mol. The molecule has 0 saturated heterocycles. The molecule has 1 unspecified atom stereocenters. The summed E-state index contributed by atoms with van der Waals surface area (Å²) in [6.07, 6.45) is 0. The maximum atomic E-state index is 12.7. The second kappa shape index (κ2) is 4.85. The van der Waals surface area contributed by atoms with Crippen molar-refractivity contribution in [2.45, 2.75) is 4.90 Å². The zero-order chi connectivity index (χ0) is 10.6. The Bertz CT molecular complexity index is 368. The van der Waals surface area contributed by atoms with Crippen LogP contribution in [-0.4, -0.2) is 22.9 Å². The van der Waals surface area contributed by atoms with Gasteiger partial charge in [0.15, 0.2) is 0 Å². The molecule has 0 heterocycles. The highest BCUT2D eigenvalue weighted by molar-refractivity contribution is 7.85. The topological polar surface area (TPSA) is 46.2 Å². The highest BCUT2D eigenvalue weighted by atomic mass is 32.2. The fourth-order valence-electron chi connectivity index (χ4n) is 0.883. The molecule has 0 spiro atoms. The summed E-state index contributed by atoms with van der Waals surface area (Å²) < 4.78 is 24.2. The van der Waals surface area contributed by atoms with Gasteiger partial charge in [0, 0.05) is 11.9 Å². The number of hydrogen-bond donors (Lipinski definition) is 1. The highest BCUT2D eigenvalue weighted by Gasteiger charge is 2.08. The van der Waals surface area contributed by atoms with Crippen LogP contribution in [0.5, 0.6) is 0 Å². The van der Waals surface area contributed by atoms with E-state index in [0.717, 1.165) is 0 Å². The summed E-state index contributed by atoms with van der Waals surface area (Å²) in [5.41, 5.74) is 0. The molecule has 76 valence electrons. The first kappa shape index (κ1) is 10.8. The van der Waals surface area contributed by atoms with Crippen LogP contribution in [0.2, 0.25) is 0 Å². The minimum absolute atomic E-state index is 0.139. The SMILES string of the molecule is CNC(=O)CS(=O)c1cccc(F)c1. The number of hydrogen-bond acceptors (Lipinski definition) is 2. The molecular weight excluding hydrogens is 205 g/mol. The Morgan fingerprint density at radius 1 is 1.57 bits per heavy atom. The van der Waals surface area contributed by atoms with Crippen molar-refractivity contribution in [3.63, 3.8) is 0 Å². The molecule has 0 fully saturated rings. The van der Waals surface area contributed by atoms with Crippen LogP contribution < -0.4 is 5.32 Å². The Kier molecular flexibility index (Phi) is 3.76. The summed E-state index contributed by atoms with van der Waals surface area (Å²) in [4.78, 5) is 11.2. The standard InChI is InChI=1S/C9H10FNO2S/c1-11-9(12)6-14(13)8-4-2-3-7(10)5-8/h2-5H,6H2,1H3,(H,11,12). The fourth-order valence-corrected chi connectivity index (χ4v) is 1.91. The third-order valence-electron chi connectivity index (χ3n) is 1.60. The van der Waals surface area contributed by atoms with Crippen molar-refractivity contribution >= 4 is 16.7 Å². The van der Waals surface area contributed by atoms with E-state index >= 15 is 0 Å². The highest BCUT2D eigenvalue weighted by Crippen LogP contribution is 2.08. The summed E-state index contributed by atoms with van der Waals surface area (Å²) in [6, 6.07) is 5.42. The number of carbonyl (C=O) groups is 1. The third-order valence-corrected chi connectivity index (χ3v) is 2.90. The molecule has 0 aliphatic heterocycles. The Morgan fingerprint density at radius 2 is 2.29 bits per heavy atom. The van der Waals surface area contributed by atoms with Gasteiger partial charge in [-0.2, -0.15) is 0 Å². The van der Waals surface area contributed by atoms with Crippen LogP contribution >= 0.6 is 0 Å². The van der Waals surface area contributed by atoms with E-state index in [9.17, 15) is 13.4 Å². The summed E-state index contributed by atoms with van der Waals surface area (Å²) in [5, 5.41) is 2.35. The molecule has 0 bridgehead atoms. The predicted molar refractivity (Wildman–Crippen MR) is 51.7 cm³/mol. The number of benzene rings is 1. The summed E-state index contributed by atoms with van der Waals surface area (Å²) in [6.45, 7) is 0. The van der Waals surface area contributed by atoms with Crippen LogP contribution in [0.4, 0.5) is 4.39 Å². The first-order chi connectivity index (χ1) is 6.63. The number of nitrogens with one attached hydrogen (secondary N) is 1. The van der Waals surface area contributed by atoms with E-state index in [-0.39, 0.29) is 11.7 Å². The molecule has 0 aliphatic rings. The van der Waals surface area contributed by atoms with Crippen LogP contribution in [-0.2, 0) is 15.6 Å². The van der Waals surface area contributed by atoms with Gasteiger partial charge in [-0.25, -0.2) is 4.39 Å². The van der Waals surface area contributed by atoms with E-state index in [1.54, 1.807) is 0 Å². The molecule has 0 radical (unpaired) electrons. The van der Waals surface area contributed by atoms with Crippen LogP contribution in [0, 0.1) is 5.82 Å². The fraction of sp³-hybridized carbons (Fsp3) is 0.222. The molecule has 0 saturated carbocycles. The molecule has 1 aromatic carbocycles. The largest absolute Gasteiger partial charge is 0.358 e. The van der Waals surface area contributed by atoms with E-state index in [4.69, 9.17) is 0 Å². The van der Waals surface area contributed by atoms with Gasteiger partial charge >= 0.3 is 0 Å². The molecule has 14 heavy (non-hydrogen) atoms. The first-order valence-corrected chi connectivity index (χ1v) is 5.30. The van der Waals surface area contributed by atoms with Gasteiger partial charge in [0.05, 0.1) is 10.8 Å². The molecule has 3 nitrogen and oxygen atoms in total. The van der Waals surface area contributed by atoms with Crippen molar-refractivity contribution in [1.29, 1.82) is 0 Å². The second-order valence-corrected chi connectivity index (χ2v) is 4.07. The van der Waals surface area contributed by atoms with Crippen LogP contribution in [0.25, 0.3) is 0 Å². The van der Waals surface area contributed by atoms with Gasteiger partial charge in [0.1, 0.15) is 11.6 Å². The zero-order valence-electron chi connectivity index (χ0n) is 7.62. The maximum Gasteiger partial charge on any atom is 0.232 e. The number of halogens is 1. The molecule has 5 heteroatoms. The molecule has 1 atom stereocenters. The van der Waals surface area contributed by atoms with E-state index in [2.05, 4.69) is 5.32 Å². The van der Waals surface area contributed by atoms with E-state index < -0.39 is 16.6 Å². The molecule has 1 aromatic rings. The number of rotatable bonds is 3. The van der Waals surface area contributed by atoms with E-state index in [1.165, 1.54) is 31.3 Å². The molecule has 1 N–H and O–H groups in total. The molecule has 0 aromatic heterocycles. The Balaban J connectivity index is 2.75. The van der Waals surface area contributed by atoms with Gasteiger partial charge in [-0.15, -0.1) is 0 Å². The Morgan fingerprint density at radius 3 is 2.86 bits per heavy atom. The lowest BCUT2D eigenvalue weighted by molar-refractivity contribution is -0.118. The quantitative estimate of drug-likeness (QED) is 0.806. The molecule has 0 aliphatic carbocycles. The lowest BCUT2D eigenvalue weighted by atomic mass is 10.4. The second-order valence-electron chi connectivity index (χ2n) is 2.62. The average Bonchev–Trinajstić information content (AvgIpc) is 2.17. The maximum absolute atomic E-state index is 12.7. The van der Waals surface area contributed by atoms with Crippen molar-refractivity contribution in [3.05, 3.63) is 30.1 Å². The van der Waals surface area contributed by atoms with Gasteiger partial charge in [0.2, 0.25) is 5.91 Å². The number of carbonyl (C=O) groups excluding carboxylic acids is 1. The van der Waals surface area contributed by atoms with Crippen LogP contribution in [0.15, 0.2) is 29.2 Å². The van der Waals surface area contributed by atoms with Crippen molar-refractivity contribution in [2.24, 2.45) is 0 Å². The van der Waals surface area contributed by atoms with Gasteiger partial charge in [-0.3, -0.25) is 9.00 Å². The molecule has 1 rings (SSSR count). The predicted octanol–water partition coefficient (Wildman–Crippen LogP) is 0.679. The summed E-state index contributed by atoms with van der Waals surface area (Å²) in [5.74, 6) is -0.916. The van der Waals surface area contributed by atoms with Crippen molar-refractivity contribution in [3.8, 4) is 0 Å². The summed E-state index contributed by atoms with van der Waals surface area (Å²) >= 11 is 0. The average molecular weight is 215 g/mol. The molecule has 1 amide bonds. The van der Waals surface area contributed by atoms with Gasteiger partial charge in [-0.05, 0) is 18.2 Å². The smallest absolute Gasteiger partial charge is 0.232 e. The van der Waals surface area contributed by atoms with Crippen molar-refractivity contribution < 1.29 is 13.4 Å². The van der Waals surface area contributed by atoms with Crippen molar-refractivity contribution in [1.82, 2.24) is 5.32 Å². The van der Waals surface area contributed by atoms with Gasteiger partial charge in [0.25, 0.3) is 0 Å².